The van der Waals surface area contributed by atoms with Crippen molar-refractivity contribution in [1.29, 1.82) is 0 Å². The number of aryl methyl sites for hydroxylation is 1. The number of fused-ring (bicyclic) bond motifs is 4. The lowest BCUT2D eigenvalue weighted by Crippen LogP contribution is -2.53. The minimum atomic E-state index is -4.65. The summed E-state index contributed by atoms with van der Waals surface area (Å²) in [6.07, 6.45) is -5.03. The summed E-state index contributed by atoms with van der Waals surface area (Å²) in [6, 6.07) is 9.31. The molecular formula is C20H17F4N3O. The van der Waals surface area contributed by atoms with E-state index >= 15 is 0 Å². The topological polar surface area (TPSA) is 54.4 Å². The van der Waals surface area contributed by atoms with Crippen molar-refractivity contribution >= 4 is 11.7 Å². The zero-order valence-electron chi connectivity index (χ0n) is 15.0. The molecule has 2 aromatic rings. The van der Waals surface area contributed by atoms with Crippen LogP contribution in [0.25, 0.3) is 0 Å². The highest BCUT2D eigenvalue weighted by atomic mass is 19.4. The van der Waals surface area contributed by atoms with Gasteiger partial charge in [-0.1, -0.05) is 24.3 Å². The molecule has 2 unspecified atom stereocenters. The van der Waals surface area contributed by atoms with E-state index in [2.05, 4.69) is 15.3 Å². The summed E-state index contributed by atoms with van der Waals surface area (Å²) in [4.78, 5) is 21.1. The van der Waals surface area contributed by atoms with Crippen LogP contribution in [0.2, 0.25) is 0 Å². The Labute approximate surface area is 158 Å². The number of aromatic nitrogens is 1. The molecule has 4 rings (SSSR count). The zero-order chi connectivity index (χ0) is 20.1. The molecule has 0 fully saturated rings. The molecule has 28 heavy (non-hydrogen) atoms. The minimum absolute atomic E-state index is 0.0290. The normalized spacial score (nSPS) is 23.5. The monoisotopic (exact) mass is 391 g/mol. The average molecular weight is 391 g/mol. The van der Waals surface area contributed by atoms with Crippen molar-refractivity contribution < 1.29 is 22.4 Å². The summed E-state index contributed by atoms with van der Waals surface area (Å²) >= 11 is 0. The van der Waals surface area contributed by atoms with Crippen LogP contribution in [0.4, 0.5) is 17.6 Å². The summed E-state index contributed by atoms with van der Waals surface area (Å²) in [5.74, 6) is -0.428. The Morgan fingerprint density at radius 1 is 1.25 bits per heavy atom. The molecule has 2 heterocycles. The van der Waals surface area contributed by atoms with Gasteiger partial charge < -0.3 is 5.32 Å². The predicted molar refractivity (Wildman–Crippen MR) is 94.9 cm³/mol. The van der Waals surface area contributed by atoms with Crippen molar-refractivity contribution in [2.45, 2.75) is 37.5 Å². The molecule has 2 atom stereocenters. The molecule has 1 N–H and O–H groups in total. The number of carbonyl (C=O) groups excluding carboxylic acids is 1. The van der Waals surface area contributed by atoms with Gasteiger partial charge in [0.1, 0.15) is 23.1 Å². The molecule has 0 bridgehead atoms. The maximum Gasteiger partial charge on any atom is 0.433 e. The molecule has 1 aliphatic carbocycles. The lowest BCUT2D eigenvalue weighted by Gasteiger charge is -2.35. The predicted octanol–water partition coefficient (Wildman–Crippen LogP) is 3.57. The number of halogens is 4. The summed E-state index contributed by atoms with van der Waals surface area (Å²) < 4.78 is 53.3. The summed E-state index contributed by atoms with van der Waals surface area (Å²) in [6.45, 7) is 1.11. The Balaban J connectivity index is 1.97. The molecular weight excluding hydrogens is 374 g/mol. The number of rotatable bonds is 2. The fourth-order valence-electron chi connectivity index (χ4n) is 3.96. The van der Waals surface area contributed by atoms with Crippen LogP contribution in [0.15, 0.2) is 41.4 Å². The molecule has 0 saturated heterocycles. The summed E-state index contributed by atoms with van der Waals surface area (Å²) in [5.41, 5.74) is -0.499. The molecule has 2 aliphatic rings. The van der Waals surface area contributed by atoms with Crippen molar-refractivity contribution in [3.05, 3.63) is 64.5 Å². The highest BCUT2D eigenvalue weighted by Gasteiger charge is 2.53. The highest BCUT2D eigenvalue weighted by Crippen LogP contribution is 2.47. The van der Waals surface area contributed by atoms with E-state index in [-0.39, 0.29) is 18.1 Å². The second kappa shape index (κ2) is 6.39. The van der Waals surface area contributed by atoms with Gasteiger partial charge in [-0.05, 0) is 43.0 Å². The fourth-order valence-corrected chi connectivity index (χ4v) is 3.96. The van der Waals surface area contributed by atoms with Gasteiger partial charge in [0, 0.05) is 5.56 Å². The number of carbonyl (C=O) groups is 1. The largest absolute Gasteiger partial charge is 0.433 e. The van der Waals surface area contributed by atoms with E-state index in [1.54, 1.807) is 12.1 Å². The van der Waals surface area contributed by atoms with Gasteiger partial charge >= 0.3 is 6.18 Å². The minimum Gasteiger partial charge on any atom is -0.309 e. The van der Waals surface area contributed by atoms with Crippen molar-refractivity contribution in [1.82, 2.24) is 10.3 Å². The number of nitrogens with one attached hydrogen (secondary N) is 1. The molecule has 1 aromatic heterocycles. The summed E-state index contributed by atoms with van der Waals surface area (Å²) in [5, 5.41) is 2.68. The highest BCUT2D eigenvalue weighted by molar-refractivity contribution is 6.16. The van der Waals surface area contributed by atoms with Crippen LogP contribution in [0.3, 0.4) is 0 Å². The quantitative estimate of drug-likeness (QED) is 0.796. The number of pyridine rings is 1. The van der Waals surface area contributed by atoms with Crippen LogP contribution in [-0.2, 0) is 22.8 Å². The third-order valence-corrected chi connectivity index (χ3v) is 5.21. The van der Waals surface area contributed by atoms with E-state index in [1.807, 2.05) is 12.1 Å². The van der Waals surface area contributed by atoms with Crippen molar-refractivity contribution in [2.24, 2.45) is 4.99 Å². The molecule has 1 amide bonds. The fraction of sp³-hybridized carbons (Fsp3) is 0.350. The van der Waals surface area contributed by atoms with E-state index in [0.29, 0.717) is 24.0 Å². The Hall–Kier alpha value is -2.77. The van der Waals surface area contributed by atoms with Crippen LogP contribution < -0.4 is 5.32 Å². The molecule has 0 radical (unpaired) electrons. The maximum atomic E-state index is 13.3. The average Bonchev–Trinajstić information content (AvgIpc) is 3.03. The SMILES string of the molecule is CC(F)CN=C1NC(=O)C2(CCc3ccccc32)c2nc(C(F)(F)F)ccc21. The Kier molecular flexibility index (Phi) is 4.24. The molecule has 1 aromatic carbocycles. The molecule has 1 aliphatic heterocycles. The van der Waals surface area contributed by atoms with Gasteiger partial charge in [-0.25, -0.2) is 9.37 Å². The molecule has 8 heteroatoms. The first-order valence-electron chi connectivity index (χ1n) is 8.91. The van der Waals surface area contributed by atoms with Crippen LogP contribution in [0.5, 0.6) is 0 Å². The van der Waals surface area contributed by atoms with Gasteiger partial charge in [0.15, 0.2) is 0 Å². The first kappa shape index (κ1) is 18.6. The van der Waals surface area contributed by atoms with Gasteiger partial charge in [-0.15, -0.1) is 0 Å². The van der Waals surface area contributed by atoms with Crippen LogP contribution >= 0.6 is 0 Å². The number of aliphatic imine (C=N–C) groups is 1. The number of benzene rings is 1. The molecule has 1 spiro atoms. The molecule has 4 nitrogen and oxygen atoms in total. The van der Waals surface area contributed by atoms with Crippen LogP contribution in [0.1, 0.15) is 41.4 Å². The number of amides is 1. The van der Waals surface area contributed by atoms with E-state index < -0.39 is 29.4 Å². The number of hydrogen-bond acceptors (Lipinski definition) is 3. The van der Waals surface area contributed by atoms with E-state index in [9.17, 15) is 22.4 Å². The number of nitrogens with zero attached hydrogens (tertiary/aromatic N) is 2. The number of hydrogen-bond donors (Lipinski definition) is 1. The second-order valence-electron chi connectivity index (χ2n) is 7.08. The number of amidine groups is 1. The van der Waals surface area contributed by atoms with E-state index in [4.69, 9.17) is 0 Å². The lowest BCUT2D eigenvalue weighted by molar-refractivity contribution is -0.141. The van der Waals surface area contributed by atoms with Gasteiger partial charge in [0.2, 0.25) is 5.91 Å². The number of alkyl halides is 4. The van der Waals surface area contributed by atoms with Crippen molar-refractivity contribution in [3.8, 4) is 0 Å². The van der Waals surface area contributed by atoms with Crippen molar-refractivity contribution in [2.75, 3.05) is 6.54 Å². The van der Waals surface area contributed by atoms with Gasteiger partial charge in [0.25, 0.3) is 0 Å². The van der Waals surface area contributed by atoms with Gasteiger partial charge in [-0.2, -0.15) is 13.2 Å². The van der Waals surface area contributed by atoms with Crippen LogP contribution in [0, 0.1) is 0 Å². The Morgan fingerprint density at radius 3 is 2.71 bits per heavy atom. The van der Waals surface area contributed by atoms with Crippen molar-refractivity contribution in [3.63, 3.8) is 0 Å². The summed E-state index contributed by atoms with van der Waals surface area (Å²) in [7, 11) is 0. The standard InChI is InChI=1S/C20H17F4N3O/c1-11(21)10-25-17-13-6-7-15(20(22,23)24)26-16(13)19(18(28)27-17)9-8-12-4-2-3-5-14(12)19/h2-7,11H,8-10H2,1H3,(H,25,27,28). The first-order chi connectivity index (χ1) is 13.2. The molecule has 146 valence electrons. The zero-order valence-corrected chi connectivity index (χ0v) is 15.0. The Bertz CT molecular complexity index is 984. The second-order valence-corrected chi connectivity index (χ2v) is 7.08. The van der Waals surface area contributed by atoms with Gasteiger partial charge in [0.05, 0.1) is 12.2 Å². The first-order valence-corrected chi connectivity index (χ1v) is 8.91. The van der Waals surface area contributed by atoms with E-state index in [0.717, 1.165) is 11.6 Å². The third kappa shape index (κ3) is 2.78. The third-order valence-electron chi connectivity index (χ3n) is 5.21. The maximum absolute atomic E-state index is 13.3. The van der Waals surface area contributed by atoms with Crippen LogP contribution in [-0.4, -0.2) is 29.4 Å². The van der Waals surface area contributed by atoms with E-state index in [1.165, 1.54) is 13.0 Å². The lowest BCUT2D eigenvalue weighted by atomic mass is 9.73. The van der Waals surface area contributed by atoms with Gasteiger partial charge in [-0.3, -0.25) is 9.79 Å². The Morgan fingerprint density at radius 2 is 2.00 bits per heavy atom. The smallest absolute Gasteiger partial charge is 0.309 e. The molecule has 0 saturated carbocycles.